The lowest BCUT2D eigenvalue weighted by Gasteiger charge is -2.03. The number of anilines is 1. The molecule has 0 atom stereocenters. The Morgan fingerprint density at radius 1 is 1.31 bits per heavy atom. The van der Waals surface area contributed by atoms with Crippen molar-refractivity contribution in [2.75, 3.05) is 5.32 Å². The number of nitrogens with one attached hydrogen (secondary N) is 1. The molecule has 0 heterocycles. The van der Waals surface area contributed by atoms with Gasteiger partial charge in [0.05, 0.1) is 0 Å². The second kappa shape index (κ2) is 4.76. The zero-order valence-corrected chi connectivity index (χ0v) is 7.83. The quantitative estimate of drug-likeness (QED) is 0.748. The summed E-state index contributed by atoms with van der Waals surface area (Å²) in [6.45, 7) is 0. The molecule has 4 nitrogen and oxygen atoms in total. The Kier molecular flexibility index (Phi) is 3.41. The fourth-order valence-corrected chi connectivity index (χ4v) is 0.903. The van der Waals surface area contributed by atoms with Crippen molar-refractivity contribution in [1.29, 1.82) is 10.5 Å². The van der Waals surface area contributed by atoms with Crippen molar-refractivity contribution < 1.29 is 13.9 Å². The molecular formula is C10H5F2N3O. The molecular weight excluding hydrogens is 216 g/mol. The number of halogens is 2. The standard InChI is InChI=1S/C10H5F2N3O/c11-8-1-7(2-9(16)10(8)12)15-5-6(3-13)4-14/h1-2,5,15-16H. The molecule has 0 spiro atoms. The number of aromatic hydroxyl groups is 1. The number of benzene rings is 1. The molecule has 80 valence electrons. The summed E-state index contributed by atoms with van der Waals surface area (Å²) in [5.74, 6) is -3.44. The molecule has 0 aliphatic heterocycles. The van der Waals surface area contributed by atoms with E-state index in [1.807, 2.05) is 0 Å². The Labute approximate surface area is 89.7 Å². The number of allylic oxidation sites excluding steroid dienone is 1. The third-order valence-electron chi connectivity index (χ3n) is 1.63. The molecule has 0 unspecified atom stereocenters. The van der Waals surface area contributed by atoms with Gasteiger partial charge in [-0.2, -0.15) is 14.9 Å². The van der Waals surface area contributed by atoms with Crippen molar-refractivity contribution in [3.05, 3.63) is 35.5 Å². The zero-order chi connectivity index (χ0) is 12.1. The lowest BCUT2D eigenvalue weighted by Crippen LogP contribution is -1.93. The second-order valence-electron chi connectivity index (χ2n) is 2.72. The highest BCUT2D eigenvalue weighted by Crippen LogP contribution is 2.23. The average molecular weight is 221 g/mol. The summed E-state index contributed by atoms with van der Waals surface area (Å²) in [4.78, 5) is 0. The molecule has 0 fully saturated rings. The average Bonchev–Trinajstić information content (AvgIpc) is 2.27. The van der Waals surface area contributed by atoms with Crippen molar-refractivity contribution in [2.24, 2.45) is 0 Å². The Bertz CT molecular complexity index is 487. The predicted octanol–water partition coefficient (Wildman–Crippen LogP) is 2.01. The van der Waals surface area contributed by atoms with Crippen LogP contribution in [0, 0.1) is 34.3 Å². The Hall–Kier alpha value is -2.60. The van der Waals surface area contributed by atoms with E-state index in [2.05, 4.69) is 5.32 Å². The van der Waals surface area contributed by atoms with Crippen LogP contribution < -0.4 is 5.32 Å². The second-order valence-corrected chi connectivity index (χ2v) is 2.72. The summed E-state index contributed by atoms with van der Waals surface area (Å²) in [7, 11) is 0. The minimum absolute atomic E-state index is 0.0272. The van der Waals surface area contributed by atoms with Crippen LogP contribution in [0.3, 0.4) is 0 Å². The zero-order valence-electron chi connectivity index (χ0n) is 7.83. The van der Waals surface area contributed by atoms with Gasteiger partial charge in [0.1, 0.15) is 17.7 Å². The van der Waals surface area contributed by atoms with Gasteiger partial charge >= 0.3 is 0 Å². The molecule has 2 N–H and O–H groups in total. The molecule has 0 amide bonds. The summed E-state index contributed by atoms with van der Waals surface area (Å²) in [5.41, 5.74) is -0.205. The number of hydrogen-bond donors (Lipinski definition) is 2. The van der Waals surface area contributed by atoms with Crippen LogP contribution in [0.2, 0.25) is 0 Å². The van der Waals surface area contributed by atoms with E-state index in [1.54, 1.807) is 12.1 Å². The van der Waals surface area contributed by atoms with E-state index >= 15 is 0 Å². The minimum atomic E-state index is -1.35. The molecule has 0 saturated heterocycles. The Morgan fingerprint density at radius 3 is 2.44 bits per heavy atom. The highest BCUT2D eigenvalue weighted by atomic mass is 19.2. The fraction of sp³-hybridized carbons (Fsp3) is 0. The third-order valence-corrected chi connectivity index (χ3v) is 1.63. The lowest BCUT2D eigenvalue weighted by atomic mass is 10.2. The summed E-state index contributed by atoms with van der Waals surface area (Å²) >= 11 is 0. The summed E-state index contributed by atoms with van der Waals surface area (Å²) in [6.07, 6.45) is 1.02. The van der Waals surface area contributed by atoms with E-state index in [4.69, 9.17) is 15.6 Å². The molecule has 6 heteroatoms. The van der Waals surface area contributed by atoms with E-state index in [1.165, 1.54) is 0 Å². The third kappa shape index (κ3) is 2.46. The van der Waals surface area contributed by atoms with Gasteiger partial charge < -0.3 is 10.4 Å². The van der Waals surface area contributed by atoms with Gasteiger partial charge in [0.15, 0.2) is 17.4 Å². The van der Waals surface area contributed by atoms with Gasteiger partial charge in [-0.1, -0.05) is 0 Å². The minimum Gasteiger partial charge on any atom is -0.505 e. The first-order chi connectivity index (χ1) is 7.58. The van der Waals surface area contributed by atoms with E-state index < -0.39 is 17.4 Å². The van der Waals surface area contributed by atoms with Crippen LogP contribution in [0.25, 0.3) is 0 Å². The van der Waals surface area contributed by atoms with Gasteiger partial charge in [-0.3, -0.25) is 0 Å². The van der Waals surface area contributed by atoms with Crippen molar-refractivity contribution in [3.63, 3.8) is 0 Å². The molecule has 0 radical (unpaired) electrons. The summed E-state index contributed by atoms with van der Waals surface area (Å²) in [5, 5.41) is 28.1. The summed E-state index contributed by atoms with van der Waals surface area (Å²) in [6, 6.07) is 4.86. The number of phenols is 1. The van der Waals surface area contributed by atoms with Crippen LogP contribution >= 0.6 is 0 Å². The SMILES string of the molecule is N#CC(C#N)=CNc1cc(O)c(F)c(F)c1. The van der Waals surface area contributed by atoms with Gasteiger partial charge in [0, 0.05) is 24.0 Å². The Morgan fingerprint density at radius 2 is 1.94 bits per heavy atom. The number of nitrogens with zero attached hydrogens (tertiary/aromatic N) is 2. The van der Waals surface area contributed by atoms with Crippen molar-refractivity contribution in [1.82, 2.24) is 0 Å². The van der Waals surface area contributed by atoms with Crippen molar-refractivity contribution in [2.45, 2.75) is 0 Å². The fourth-order valence-electron chi connectivity index (χ4n) is 0.903. The molecule has 0 bridgehead atoms. The van der Waals surface area contributed by atoms with Gasteiger partial charge in [-0.15, -0.1) is 0 Å². The van der Waals surface area contributed by atoms with Crippen LogP contribution in [0.15, 0.2) is 23.9 Å². The molecule has 0 saturated carbocycles. The van der Waals surface area contributed by atoms with Crippen LogP contribution in [-0.2, 0) is 0 Å². The molecule has 1 aromatic rings. The monoisotopic (exact) mass is 221 g/mol. The maximum Gasteiger partial charge on any atom is 0.200 e. The van der Waals surface area contributed by atoms with Crippen LogP contribution in [-0.4, -0.2) is 5.11 Å². The first kappa shape index (κ1) is 11.5. The number of phenolic OH excluding ortho intramolecular Hbond substituents is 1. The summed E-state index contributed by atoms with van der Waals surface area (Å²) < 4.78 is 25.5. The maximum atomic E-state index is 12.8. The molecule has 0 aliphatic carbocycles. The van der Waals surface area contributed by atoms with E-state index in [0.717, 1.165) is 18.3 Å². The van der Waals surface area contributed by atoms with Crippen molar-refractivity contribution >= 4 is 5.69 Å². The topological polar surface area (TPSA) is 79.8 Å². The number of hydrogen-bond acceptors (Lipinski definition) is 4. The molecule has 0 aromatic heterocycles. The van der Waals surface area contributed by atoms with Crippen molar-refractivity contribution in [3.8, 4) is 17.9 Å². The molecule has 1 aromatic carbocycles. The van der Waals surface area contributed by atoms with Gasteiger partial charge in [-0.25, -0.2) is 4.39 Å². The molecule has 16 heavy (non-hydrogen) atoms. The van der Waals surface area contributed by atoms with E-state index in [0.29, 0.717) is 0 Å². The van der Waals surface area contributed by atoms with E-state index in [9.17, 15) is 8.78 Å². The molecule has 0 aliphatic rings. The number of rotatable bonds is 2. The smallest absolute Gasteiger partial charge is 0.200 e. The highest BCUT2D eigenvalue weighted by Gasteiger charge is 2.08. The molecule has 1 rings (SSSR count). The predicted molar refractivity (Wildman–Crippen MR) is 51.0 cm³/mol. The van der Waals surface area contributed by atoms with Crippen LogP contribution in [0.1, 0.15) is 0 Å². The first-order valence-corrected chi connectivity index (χ1v) is 4.03. The van der Waals surface area contributed by atoms with Gasteiger partial charge in [0.25, 0.3) is 0 Å². The highest BCUT2D eigenvalue weighted by molar-refractivity contribution is 5.53. The largest absolute Gasteiger partial charge is 0.505 e. The van der Waals surface area contributed by atoms with Gasteiger partial charge in [0.2, 0.25) is 0 Å². The van der Waals surface area contributed by atoms with E-state index in [-0.39, 0.29) is 11.3 Å². The van der Waals surface area contributed by atoms with Crippen LogP contribution in [0.4, 0.5) is 14.5 Å². The number of nitriles is 2. The van der Waals surface area contributed by atoms with Crippen LogP contribution in [0.5, 0.6) is 5.75 Å². The maximum absolute atomic E-state index is 12.8. The van der Waals surface area contributed by atoms with Gasteiger partial charge in [-0.05, 0) is 0 Å². The first-order valence-electron chi connectivity index (χ1n) is 4.03. The lowest BCUT2D eigenvalue weighted by molar-refractivity contribution is 0.407. The normalized spacial score (nSPS) is 8.75. The Balaban J connectivity index is 2.98.